The van der Waals surface area contributed by atoms with E-state index in [0.29, 0.717) is 33.3 Å². The number of halogens is 1. The molecule has 0 aliphatic rings. The zero-order valence-corrected chi connectivity index (χ0v) is 17.4. The second-order valence-corrected chi connectivity index (χ2v) is 7.89. The fraction of sp³-hybridized carbons (Fsp3) is 0.200. The lowest BCUT2D eigenvalue weighted by molar-refractivity contribution is -0.119. The molecule has 2 N–H and O–H groups in total. The van der Waals surface area contributed by atoms with E-state index in [2.05, 4.69) is 15.6 Å². The third kappa shape index (κ3) is 4.78. The summed E-state index contributed by atoms with van der Waals surface area (Å²) >= 11 is 7.19. The van der Waals surface area contributed by atoms with E-state index < -0.39 is 17.2 Å². The number of rotatable bonds is 5. The first-order chi connectivity index (χ1) is 13.9. The number of hydrogen-bond donors (Lipinski definition) is 2. The number of para-hydroxylation sites is 1. The van der Waals surface area contributed by atoms with Gasteiger partial charge in [-0.2, -0.15) is 0 Å². The summed E-state index contributed by atoms with van der Waals surface area (Å²) in [6.45, 7) is 3.80. The van der Waals surface area contributed by atoms with Crippen molar-refractivity contribution in [2.24, 2.45) is 0 Å². The van der Waals surface area contributed by atoms with E-state index in [1.165, 1.54) is 4.57 Å². The van der Waals surface area contributed by atoms with Crippen LogP contribution in [-0.2, 0) is 4.79 Å². The van der Waals surface area contributed by atoms with Gasteiger partial charge < -0.3 is 5.32 Å². The minimum Gasteiger partial charge on any atom is -0.338 e. The summed E-state index contributed by atoms with van der Waals surface area (Å²) in [6, 6.07) is 13.3. The second kappa shape index (κ2) is 9.11. The van der Waals surface area contributed by atoms with Gasteiger partial charge in [-0.05, 0) is 44.2 Å². The molecular formula is C20H19ClN4O3S. The SMILES string of the molecule is CCNC(=O)NC(=O)[C@@H](C)Sc1nc2ccccc2c(=O)n1-c1cccc(Cl)c1. The smallest absolute Gasteiger partial charge is 0.321 e. The van der Waals surface area contributed by atoms with E-state index in [9.17, 15) is 14.4 Å². The van der Waals surface area contributed by atoms with Crippen LogP contribution in [0.25, 0.3) is 16.6 Å². The van der Waals surface area contributed by atoms with Crippen molar-refractivity contribution in [2.45, 2.75) is 24.3 Å². The number of amides is 3. The van der Waals surface area contributed by atoms with Gasteiger partial charge in [0.25, 0.3) is 5.56 Å². The first-order valence-electron chi connectivity index (χ1n) is 8.93. The molecule has 0 saturated heterocycles. The normalized spacial score (nSPS) is 11.8. The molecule has 7 nitrogen and oxygen atoms in total. The minimum absolute atomic E-state index is 0.267. The van der Waals surface area contributed by atoms with Crippen molar-refractivity contribution in [3.05, 3.63) is 63.9 Å². The highest BCUT2D eigenvalue weighted by Crippen LogP contribution is 2.26. The van der Waals surface area contributed by atoms with E-state index in [1.807, 2.05) is 0 Å². The van der Waals surface area contributed by atoms with E-state index in [0.717, 1.165) is 11.8 Å². The molecule has 0 saturated carbocycles. The number of nitrogens with zero attached hydrogens (tertiary/aromatic N) is 2. The quantitative estimate of drug-likeness (QED) is 0.478. The number of hydrogen-bond acceptors (Lipinski definition) is 5. The van der Waals surface area contributed by atoms with Crippen LogP contribution < -0.4 is 16.2 Å². The monoisotopic (exact) mass is 430 g/mol. The van der Waals surface area contributed by atoms with Crippen LogP contribution in [0.1, 0.15) is 13.8 Å². The maximum atomic E-state index is 13.2. The topological polar surface area (TPSA) is 93.1 Å². The molecule has 0 unspecified atom stereocenters. The summed E-state index contributed by atoms with van der Waals surface area (Å²) in [6.07, 6.45) is 0. The summed E-state index contributed by atoms with van der Waals surface area (Å²) < 4.78 is 1.43. The van der Waals surface area contributed by atoms with Crippen LogP contribution in [0.3, 0.4) is 0 Å². The second-order valence-electron chi connectivity index (χ2n) is 6.14. The summed E-state index contributed by atoms with van der Waals surface area (Å²) in [4.78, 5) is 41.7. The Balaban J connectivity index is 2.04. The predicted octanol–water partition coefficient (Wildman–Crippen LogP) is 3.37. The lowest BCUT2D eigenvalue weighted by atomic mass is 10.2. The van der Waals surface area contributed by atoms with Gasteiger partial charge in [-0.25, -0.2) is 9.78 Å². The molecule has 3 amide bonds. The van der Waals surface area contributed by atoms with Crippen LogP contribution in [0.2, 0.25) is 5.02 Å². The molecule has 0 radical (unpaired) electrons. The van der Waals surface area contributed by atoms with Gasteiger partial charge in [-0.1, -0.05) is 41.6 Å². The van der Waals surface area contributed by atoms with Crippen LogP contribution in [-0.4, -0.2) is 33.3 Å². The maximum Gasteiger partial charge on any atom is 0.321 e. The molecule has 150 valence electrons. The molecule has 0 aliphatic carbocycles. The van der Waals surface area contributed by atoms with Gasteiger partial charge in [0, 0.05) is 11.6 Å². The van der Waals surface area contributed by atoms with Gasteiger partial charge in [-0.3, -0.25) is 19.5 Å². The summed E-state index contributed by atoms with van der Waals surface area (Å²) in [7, 11) is 0. The van der Waals surface area contributed by atoms with E-state index in [-0.39, 0.29) is 5.56 Å². The Hall–Kier alpha value is -2.84. The van der Waals surface area contributed by atoms with Gasteiger partial charge in [0.1, 0.15) is 0 Å². The predicted molar refractivity (Wildman–Crippen MR) is 115 cm³/mol. The molecule has 1 atom stereocenters. The van der Waals surface area contributed by atoms with Crippen molar-refractivity contribution >= 4 is 46.2 Å². The zero-order chi connectivity index (χ0) is 21.0. The van der Waals surface area contributed by atoms with Crippen LogP contribution >= 0.6 is 23.4 Å². The molecule has 0 aliphatic heterocycles. The van der Waals surface area contributed by atoms with Crippen LogP contribution in [0.5, 0.6) is 0 Å². The Morgan fingerprint density at radius 1 is 1.21 bits per heavy atom. The number of carbonyl (C=O) groups excluding carboxylic acids is 2. The summed E-state index contributed by atoms with van der Waals surface area (Å²) in [5.74, 6) is -0.485. The van der Waals surface area contributed by atoms with Crippen molar-refractivity contribution in [1.82, 2.24) is 20.2 Å². The van der Waals surface area contributed by atoms with Gasteiger partial charge in [0.05, 0.1) is 21.8 Å². The number of thioether (sulfide) groups is 1. The van der Waals surface area contributed by atoms with E-state index >= 15 is 0 Å². The number of carbonyl (C=O) groups is 2. The maximum absolute atomic E-state index is 13.2. The first-order valence-corrected chi connectivity index (χ1v) is 10.2. The van der Waals surface area contributed by atoms with Gasteiger partial charge >= 0.3 is 6.03 Å². The van der Waals surface area contributed by atoms with Crippen molar-refractivity contribution in [2.75, 3.05) is 6.54 Å². The number of urea groups is 1. The third-order valence-corrected chi connectivity index (χ3v) is 5.32. The van der Waals surface area contributed by atoms with Crippen molar-refractivity contribution in [3.63, 3.8) is 0 Å². The molecule has 1 heterocycles. The number of nitrogens with one attached hydrogen (secondary N) is 2. The fourth-order valence-electron chi connectivity index (χ4n) is 2.66. The summed E-state index contributed by atoms with van der Waals surface area (Å²) in [5, 5.41) is 5.37. The lowest BCUT2D eigenvalue weighted by Crippen LogP contribution is -2.42. The number of aromatic nitrogens is 2. The largest absolute Gasteiger partial charge is 0.338 e. The van der Waals surface area contributed by atoms with Crippen molar-refractivity contribution in [1.29, 1.82) is 0 Å². The Bertz CT molecular complexity index is 1130. The molecule has 1 aromatic heterocycles. The highest BCUT2D eigenvalue weighted by molar-refractivity contribution is 8.00. The van der Waals surface area contributed by atoms with E-state index in [4.69, 9.17) is 11.6 Å². The summed E-state index contributed by atoms with van der Waals surface area (Å²) in [5.41, 5.74) is 0.797. The Kier molecular flexibility index (Phi) is 6.56. The Morgan fingerprint density at radius 2 is 1.97 bits per heavy atom. The molecule has 29 heavy (non-hydrogen) atoms. The zero-order valence-electron chi connectivity index (χ0n) is 15.8. The van der Waals surface area contributed by atoms with Gasteiger partial charge in [-0.15, -0.1) is 0 Å². The molecule has 0 spiro atoms. The molecule has 3 rings (SSSR count). The third-order valence-electron chi connectivity index (χ3n) is 4.04. The standard InChI is InChI=1S/C20H19ClN4O3S/c1-3-22-19(28)24-17(26)12(2)29-20-23-16-10-5-4-9-15(16)18(27)25(20)14-8-6-7-13(21)11-14/h4-12H,3H2,1-2H3,(H2,22,24,26,28)/t12-/m1/s1. The molecule has 3 aromatic rings. The first kappa shape index (κ1) is 20.9. The van der Waals surface area contributed by atoms with Crippen LogP contribution in [0.4, 0.5) is 4.79 Å². The van der Waals surface area contributed by atoms with E-state index in [1.54, 1.807) is 62.4 Å². The highest BCUT2D eigenvalue weighted by Gasteiger charge is 2.21. The van der Waals surface area contributed by atoms with Crippen LogP contribution in [0.15, 0.2) is 58.5 Å². The lowest BCUT2D eigenvalue weighted by Gasteiger charge is -2.16. The van der Waals surface area contributed by atoms with Crippen molar-refractivity contribution < 1.29 is 9.59 Å². The molecular weight excluding hydrogens is 412 g/mol. The Morgan fingerprint density at radius 3 is 2.69 bits per heavy atom. The fourth-order valence-corrected chi connectivity index (χ4v) is 3.78. The van der Waals surface area contributed by atoms with Crippen LogP contribution in [0, 0.1) is 0 Å². The molecule has 0 fully saturated rings. The highest BCUT2D eigenvalue weighted by atomic mass is 35.5. The minimum atomic E-state index is -0.670. The Labute approximate surface area is 176 Å². The average molecular weight is 431 g/mol. The number of benzene rings is 2. The van der Waals surface area contributed by atoms with Gasteiger partial charge in [0.2, 0.25) is 5.91 Å². The van der Waals surface area contributed by atoms with Crippen molar-refractivity contribution in [3.8, 4) is 5.69 Å². The number of imide groups is 1. The molecule has 0 bridgehead atoms. The average Bonchev–Trinajstić information content (AvgIpc) is 2.68. The van der Waals surface area contributed by atoms with Gasteiger partial charge in [0.15, 0.2) is 5.16 Å². The molecule has 9 heteroatoms. The number of fused-ring (bicyclic) bond motifs is 1. The molecule has 2 aromatic carbocycles.